The van der Waals surface area contributed by atoms with E-state index in [1.165, 1.54) is 21.7 Å². The van der Waals surface area contributed by atoms with Crippen molar-refractivity contribution in [3.05, 3.63) is 48.7 Å². The number of nitrogens with zero attached hydrogens (tertiary/aromatic N) is 1. The van der Waals surface area contributed by atoms with Crippen molar-refractivity contribution in [1.82, 2.24) is 3.97 Å². The lowest BCUT2D eigenvalue weighted by Crippen LogP contribution is -1.79. The molecule has 0 amide bonds. The molecule has 0 unspecified atom stereocenters. The van der Waals surface area contributed by atoms with Crippen molar-refractivity contribution in [3.8, 4) is 0 Å². The lowest BCUT2D eigenvalue weighted by molar-refractivity contribution is 1.38. The predicted molar refractivity (Wildman–Crippen MR) is 63.8 cm³/mol. The molecule has 1 aromatic heterocycles. The van der Waals surface area contributed by atoms with E-state index in [-0.39, 0.29) is 0 Å². The number of rotatable bonds is 0. The number of aromatic nitrogens is 1. The van der Waals surface area contributed by atoms with Gasteiger partial charge in [-0.1, -0.05) is 49.2 Å². The molecule has 3 rings (SSSR count). The molecule has 0 aliphatic rings. The molecule has 2 heteroatoms. The van der Waals surface area contributed by atoms with Gasteiger partial charge in [0, 0.05) is 17.0 Å². The maximum absolute atomic E-state index is 4.39. The highest BCUT2D eigenvalue weighted by molar-refractivity contribution is 7.78. The quantitative estimate of drug-likeness (QED) is 0.529. The Bertz CT molecular complexity index is 610. The van der Waals surface area contributed by atoms with Crippen LogP contribution in [-0.2, 0) is 0 Å². The first-order valence-electron chi connectivity index (χ1n) is 4.54. The van der Waals surface area contributed by atoms with Gasteiger partial charge in [-0.05, 0) is 11.5 Å². The second-order valence-corrected chi connectivity index (χ2v) is 3.82. The van der Waals surface area contributed by atoms with E-state index in [0.717, 1.165) is 0 Å². The first-order valence-corrected chi connectivity index (χ1v) is 4.94. The van der Waals surface area contributed by atoms with E-state index in [1.807, 2.05) is 10.2 Å². The van der Waals surface area contributed by atoms with E-state index in [1.54, 1.807) is 0 Å². The van der Waals surface area contributed by atoms with Crippen LogP contribution < -0.4 is 0 Å². The molecule has 0 bridgehead atoms. The Morgan fingerprint density at radius 3 is 2.57 bits per heavy atom. The van der Waals surface area contributed by atoms with E-state index in [9.17, 15) is 0 Å². The van der Waals surface area contributed by atoms with Crippen LogP contribution in [0.1, 0.15) is 0 Å². The molecule has 2 aromatic carbocycles. The molecule has 0 saturated heterocycles. The minimum absolute atomic E-state index is 1.19. The van der Waals surface area contributed by atoms with Crippen molar-refractivity contribution >= 4 is 34.5 Å². The SMILES string of the molecule is Sn1ccc2ccc3ccccc3c21. The maximum Gasteiger partial charge on any atom is 0.0667 e. The lowest BCUT2D eigenvalue weighted by Gasteiger charge is -2.01. The van der Waals surface area contributed by atoms with Gasteiger partial charge < -0.3 is 0 Å². The van der Waals surface area contributed by atoms with Gasteiger partial charge >= 0.3 is 0 Å². The molecule has 0 aliphatic heterocycles. The molecule has 0 spiro atoms. The zero-order valence-corrected chi connectivity index (χ0v) is 8.41. The van der Waals surface area contributed by atoms with Gasteiger partial charge in [-0.3, -0.25) is 3.97 Å². The summed E-state index contributed by atoms with van der Waals surface area (Å²) in [7, 11) is 0. The topological polar surface area (TPSA) is 4.93 Å². The van der Waals surface area contributed by atoms with Gasteiger partial charge in [0.05, 0.1) is 5.52 Å². The van der Waals surface area contributed by atoms with Crippen LogP contribution in [0.2, 0.25) is 0 Å². The highest BCUT2D eigenvalue weighted by Gasteiger charge is 2.02. The number of hydrogen-bond donors (Lipinski definition) is 1. The van der Waals surface area contributed by atoms with Gasteiger partial charge in [-0.2, -0.15) is 0 Å². The van der Waals surface area contributed by atoms with Crippen molar-refractivity contribution in [2.24, 2.45) is 0 Å². The minimum Gasteiger partial charge on any atom is -0.293 e. The molecule has 1 nitrogen and oxygen atoms in total. The minimum atomic E-state index is 1.19. The standard InChI is InChI=1S/C12H9NS/c14-13-8-7-10-6-5-9-3-1-2-4-11(9)12(10)13/h1-8,14H. The molecule has 0 aliphatic carbocycles. The van der Waals surface area contributed by atoms with Crippen molar-refractivity contribution in [1.29, 1.82) is 0 Å². The lowest BCUT2D eigenvalue weighted by atomic mass is 10.1. The number of benzene rings is 2. The number of hydrogen-bond acceptors (Lipinski definition) is 1. The molecule has 0 atom stereocenters. The average molecular weight is 199 g/mol. The molecule has 0 radical (unpaired) electrons. The average Bonchev–Trinajstić information content (AvgIpc) is 2.61. The molecule has 0 saturated carbocycles. The second kappa shape index (κ2) is 2.79. The summed E-state index contributed by atoms with van der Waals surface area (Å²) in [6, 6.07) is 14.7. The summed E-state index contributed by atoms with van der Waals surface area (Å²) in [4.78, 5) is 0. The van der Waals surface area contributed by atoms with E-state index in [4.69, 9.17) is 0 Å². The van der Waals surface area contributed by atoms with Crippen LogP contribution in [0.15, 0.2) is 48.7 Å². The van der Waals surface area contributed by atoms with Crippen LogP contribution in [-0.4, -0.2) is 3.97 Å². The Morgan fingerprint density at radius 1 is 0.857 bits per heavy atom. The van der Waals surface area contributed by atoms with Crippen molar-refractivity contribution in [3.63, 3.8) is 0 Å². The highest BCUT2D eigenvalue weighted by atomic mass is 32.1. The van der Waals surface area contributed by atoms with Gasteiger partial charge in [-0.25, -0.2) is 0 Å². The summed E-state index contributed by atoms with van der Waals surface area (Å²) in [6.07, 6.45) is 1.97. The first kappa shape index (κ1) is 7.94. The Hall–Kier alpha value is -1.41. The fourth-order valence-corrected chi connectivity index (χ4v) is 2.18. The van der Waals surface area contributed by atoms with Gasteiger partial charge in [0.1, 0.15) is 0 Å². The van der Waals surface area contributed by atoms with Crippen molar-refractivity contribution in [2.75, 3.05) is 0 Å². The Kier molecular flexibility index (Phi) is 1.58. The molecule has 14 heavy (non-hydrogen) atoms. The van der Waals surface area contributed by atoms with Crippen LogP contribution in [0, 0.1) is 0 Å². The van der Waals surface area contributed by atoms with Gasteiger partial charge in [0.25, 0.3) is 0 Å². The molecule has 3 aromatic rings. The van der Waals surface area contributed by atoms with Crippen LogP contribution in [0.25, 0.3) is 21.7 Å². The van der Waals surface area contributed by atoms with Gasteiger partial charge in [-0.15, -0.1) is 0 Å². The summed E-state index contributed by atoms with van der Waals surface area (Å²) in [6.45, 7) is 0. The third kappa shape index (κ3) is 0.976. The Balaban J connectivity index is 2.65. The van der Waals surface area contributed by atoms with E-state index in [0.29, 0.717) is 0 Å². The summed E-state index contributed by atoms with van der Waals surface area (Å²) in [5.41, 5.74) is 1.19. The smallest absolute Gasteiger partial charge is 0.0667 e. The van der Waals surface area contributed by atoms with Crippen LogP contribution in [0.4, 0.5) is 0 Å². The molecular formula is C12H9NS. The zero-order chi connectivity index (χ0) is 9.54. The summed E-state index contributed by atoms with van der Waals surface area (Å²) in [5.74, 6) is 0. The van der Waals surface area contributed by atoms with E-state index < -0.39 is 0 Å². The van der Waals surface area contributed by atoms with Crippen molar-refractivity contribution in [2.45, 2.75) is 0 Å². The first-order chi connectivity index (χ1) is 6.86. The molecule has 1 heterocycles. The number of thiol groups is 1. The van der Waals surface area contributed by atoms with E-state index in [2.05, 4.69) is 55.3 Å². The molecule has 0 N–H and O–H groups in total. The van der Waals surface area contributed by atoms with Crippen molar-refractivity contribution < 1.29 is 0 Å². The third-order valence-corrected chi connectivity index (χ3v) is 2.89. The largest absolute Gasteiger partial charge is 0.293 e. The fraction of sp³-hybridized carbons (Fsp3) is 0. The third-order valence-electron chi connectivity index (χ3n) is 2.56. The summed E-state index contributed by atoms with van der Waals surface area (Å²) < 4.78 is 1.87. The van der Waals surface area contributed by atoms with Crippen LogP contribution >= 0.6 is 12.8 Å². The van der Waals surface area contributed by atoms with Crippen LogP contribution in [0.5, 0.6) is 0 Å². The Labute approximate surface area is 87.5 Å². The van der Waals surface area contributed by atoms with Gasteiger partial charge in [0.2, 0.25) is 0 Å². The molecular weight excluding hydrogens is 190 g/mol. The monoisotopic (exact) mass is 199 g/mol. The zero-order valence-electron chi connectivity index (χ0n) is 7.51. The summed E-state index contributed by atoms with van der Waals surface area (Å²) >= 11 is 4.39. The predicted octanol–water partition coefficient (Wildman–Crippen LogP) is 3.49. The Morgan fingerprint density at radius 2 is 1.64 bits per heavy atom. The second-order valence-electron chi connectivity index (χ2n) is 3.38. The molecule has 68 valence electrons. The highest BCUT2D eigenvalue weighted by Crippen LogP contribution is 2.26. The normalized spacial score (nSPS) is 11.2. The van der Waals surface area contributed by atoms with Crippen LogP contribution in [0.3, 0.4) is 0 Å². The number of fused-ring (bicyclic) bond motifs is 3. The summed E-state index contributed by atoms with van der Waals surface area (Å²) in [5, 5.41) is 3.75. The van der Waals surface area contributed by atoms with Gasteiger partial charge in [0.15, 0.2) is 0 Å². The fourth-order valence-electron chi connectivity index (χ4n) is 1.89. The maximum atomic E-state index is 4.39. The van der Waals surface area contributed by atoms with E-state index >= 15 is 0 Å². The molecule has 0 fully saturated rings.